The van der Waals surface area contributed by atoms with Crippen LogP contribution in [0, 0.1) is 5.92 Å². The van der Waals surface area contributed by atoms with Crippen molar-refractivity contribution in [3.63, 3.8) is 0 Å². The summed E-state index contributed by atoms with van der Waals surface area (Å²) in [6.45, 7) is 0.952. The highest BCUT2D eigenvalue weighted by Crippen LogP contribution is 2.29. The Kier molecular flexibility index (Phi) is 7.46. The van der Waals surface area contributed by atoms with Gasteiger partial charge in [-0.15, -0.1) is 0 Å². The topological polar surface area (TPSA) is 76.2 Å². The largest absolute Gasteiger partial charge is 0.493 e. The summed E-state index contributed by atoms with van der Waals surface area (Å²) in [7, 11) is 1.19. The molecule has 1 aliphatic rings. The first-order valence-electron chi connectivity index (χ1n) is 9.98. The van der Waals surface area contributed by atoms with Crippen LogP contribution < -0.4 is 9.47 Å². The van der Waals surface area contributed by atoms with E-state index in [-0.39, 0.29) is 23.3 Å². The summed E-state index contributed by atoms with van der Waals surface area (Å²) in [5.74, 6) is 0.751. The number of sulfonamides is 1. The molecule has 1 fully saturated rings. The van der Waals surface area contributed by atoms with Crippen LogP contribution in [0.2, 0.25) is 5.02 Å². The first kappa shape index (κ1) is 23.4. The van der Waals surface area contributed by atoms with Gasteiger partial charge in [-0.3, -0.25) is 4.79 Å². The monoisotopic (exact) mass is 466 g/mol. The summed E-state index contributed by atoms with van der Waals surface area (Å²) in [6, 6.07) is 11.6. The molecule has 1 amide bonds. The molecule has 31 heavy (non-hydrogen) atoms. The minimum atomic E-state index is -3.67. The van der Waals surface area contributed by atoms with Crippen LogP contribution in [0.1, 0.15) is 18.4 Å². The van der Waals surface area contributed by atoms with Crippen molar-refractivity contribution in [2.75, 3.05) is 34.4 Å². The van der Waals surface area contributed by atoms with Gasteiger partial charge in [0, 0.05) is 31.7 Å². The molecule has 0 N–H and O–H groups in total. The van der Waals surface area contributed by atoms with Crippen LogP contribution in [-0.4, -0.2) is 57.9 Å². The van der Waals surface area contributed by atoms with Crippen LogP contribution in [0.25, 0.3) is 0 Å². The minimum absolute atomic E-state index is 0.0780. The average Bonchev–Trinajstić information content (AvgIpc) is 2.78. The lowest BCUT2D eigenvalue weighted by atomic mass is 9.98. The number of hydrogen-bond acceptors (Lipinski definition) is 5. The Labute approximate surface area is 188 Å². The van der Waals surface area contributed by atoms with Crippen LogP contribution in [0.3, 0.4) is 0 Å². The lowest BCUT2D eigenvalue weighted by Crippen LogP contribution is -2.45. The molecule has 2 aromatic rings. The van der Waals surface area contributed by atoms with Gasteiger partial charge in [-0.2, -0.15) is 4.31 Å². The molecule has 9 heteroatoms. The van der Waals surface area contributed by atoms with Gasteiger partial charge >= 0.3 is 0 Å². The molecule has 0 saturated carbocycles. The van der Waals surface area contributed by atoms with Gasteiger partial charge in [-0.25, -0.2) is 8.42 Å². The van der Waals surface area contributed by atoms with Crippen LogP contribution in [-0.2, 0) is 21.4 Å². The third kappa shape index (κ3) is 5.31. The maximum Gasteiger partial charge on any atom is 0.243 e. The first-order valence-corrected chi connectivity index (χ1v) is 11.8. The van der Waals surface area contributed by atoms with Crippen molar-refractivity contribution in [2.45, 2.75) is 24.3 Å². The Hall–Kier alpha value is -2.29. The van der Waals surface area contributed by atoms with Crippen LogP contribution in [0.15, 0.2) is 47.4 Å². The zero-order valence-electron chi connectivity index (χ0n) is 17.9. The van der Waals surface area contributed by atoms with E-state index in [4.69, 9.17) is 21.1 Å². The number of ether oxygens (including phenoxy) is 2. The standard InChI is InChI=1S/C22H27ClN2O5S/c1-24(14-16-6-11-20(29-2)21(13-16)30-3)22(26)17-5-4-12-25(15-17)31(27,28)19-9-7-18(23)8-10-19/h6-11,13,17H,4-5,12,14-15H2,1-3H3/t17-/m1/s1. The fourth-order valence-corrected chi connectivity index (χ4v) is 5.41. The second-order valence-corrected chi connectivity index (χ2v) is 9.91. The zero-order valence-corrected chi connectivity index (χ0v) is 19.4. The molecule has 1 atom stereocenters. The van der Waals surface area contributed by atoms with Gasteiger partial charge in [-0.05, 0) is 54.8 Å². The molecule has 1 saturated heterocycles. The second kappa shape index (κ2) is 9.89. The van der Waals surface area contributed by atoms with Crippen molar-refractivity contribution in [3.05, 3.63) is 53.1 Å². The molecule has 1 heterocycles. The summed E-state index contributed by atoms with van der Waals surface area (Å²) in [5, 5.41) is 0.474. The van der Waals surface area contributed by atoms with Gasteiger partial charge in [0.25, 0.3) is 0 Å². The highest BCUT2D eigenvalue weighted by molar-refractivity contribution is 7.89. The van der Waals surface area contributed by atoms with E-state index in [1.807, 2.05) is 12.1 Å². The average molecular weight is 467 g/mol. The molecule has 2 aromatic carbocycles. The number of nitrogens with zero attached hydrogens (tertiary/aromatic N) is 2. The van der Waals surface area contributed by atoms with Gasteiger partial charge in [0.15, 0.2) is 11.5 Å². The number of methoxy groups -OCH3 is 2. The molecule has 0 unspecified atom stereocenters. The van der Waals surface area contributed by atoms with Gasteiger partial charge in [0.2, 0.25) is 15.9 Å². The molecular formula is C22H27ClN2O5S. The summed E-state index contributed by atoms with van der Waals surface area (Å²) in [5.41, 5.74) is 0.898. The van der Waals surface area contributed by atoms with E-state index in [2.05, 4.69) is 0 Å². The Morgan fingerprint density at radius 2 is 1.81 bits per heavy atom. The lowest BCUT2D eigenvalue weighted by molar-refractivity contribution is -0.135. The zero-order chi connectivity index (χ0) is 22.6. The molecule has 0 bridgehead atoms. The summed E-state index contributed by atoms with van der Waals surface area (Å²) in [4.78, 5) is 14.9. The number of piperidine rings is 1. The Bertz CT molecular complexity index is 1030. The molecule has 0 aliphatic carbocycles. The maximum atomic E-state index is 13.1. The maximum absolute atomic E-state index is 13.1. The smallest absolute Gasteiger partial charge is 0.243 e. The molecule has 0 radical (unpaired) electrons. The van der Waals surface area contributed by atoms with Crippen molar-refractivity contribution in [1.82, 2.24) is 9.21 Å². The number of halogens is 1. The third-order valence-corrected chi connectivity index (χ3v) is 7.56. The molecule has 3 rings (SSSR count). The minimum Gasteiger partial charge on any atom is -0.493 e. The van der Waals surface area contributed by atoms with Gasteiger partial charge in [0.05, 0.1) is 25.0 Å². The summed E-state index contributed by atoms with van der Waals surface area (Å²) in [6.07, 6.45) is 1.29. The van der Waals surface area contributed by atoms with Crippen molar-refractivity contribution in [3.8, 4) is 11.5 Å². The predicted molar refractivity (Wildman–Crippen MR) is 119 cm³/mol. The quantitative estimate of drug-likeness (QED) is 0.625. The Balaban J connectivity index is 1.69. The van der Waals surface area contributed by atoms with Crippen molar-refractivity contribution < 1.29 is 22.7 Å². The number of carbonyl (C=O) groups is 1. The van der Waals surface area contributed by atoms with Crippen molar-refractivity contribution in [1.29, 1.82) is 0 Å². The molecule has 0 spiro atoms. The SMILES string of the molecule is COc1ccc(CN(C)C(=O)[C@@H]2CCCN(S(=O)(=O)c3ccc(Cl)cc3)C2)cc1OC. The summed E-state index contributed by atoms with van der Waals surface area (Å²) < 4.78 is 38.0. The number of rotatable bonds is 7. The van der Waals surface area contributed by atoms with E-state index in [0.717, 1.165) is 5.56 Å². The third-order valence-electron chi connectivity index (χ3n) is 5.43. The fourth-order valence-electron chi connectivity index (χ4n) is 3.76. The molecule has 1 aliphatic heterocycles. The van der Waals surface area contributed by atoms with E-state index in [9.17, 15) is 13.2 Å². The summed E-state index contributed by atoms with van der Waals surface area (Å²) >= 11 is 5.88. The van der Waals surface area contributed by atoms with Gasteiger partial charge in [0.1, 0.15) is 0 Å². The van der Waals surface area contributed by atoms with Crippen LogP contribution >= 0.6 is 11.6 Å². The van der Waals surface area contributed by atoms with Crippen LogP contribution in [0.4, 0.5) is 0 Å². The van der Waals surface area contributed by atoms with E-state index < -0.39 is 10.0 Å². The highest BCUT2D eigenvalue weighted by atomic mass is 35.5. The number of hydrogen-bond donors (Lipinski definition) is 0. The molecular weight excluding hydrogens is 440 g/mol. The van der Waals surface area contributed by atoms with E-state index >= 15 is 0 Å². The first-order chi connectivity index (χ1) is 14.8. The molecule has 168 valence electrons. The molecule has 0 aromatic heterocycles. The Morgan fingerprint density at radius 1 is 1.13 bits per heavy atom. The van der Waals surface area contributed by atoms with E-state index in [1.54, 1.807) is 44.4 Å². The number of carbonyl (C=O) groups excluding carboxylic acids is 1. The second-order valence-electron chi connectivity index (χ2n) is 7.54. The normalized spacial score (nSPS) is 17.2. The van der Waals surface area contributed by atoms with Gasteiger partial charge in [-0.1, -0.05) is 17.7 Å². The lowest BCUT2D eigenvalue weighted by Gasteiger charge is -2.33. The van der Waals surface area contributed by atoms with Crippen LogP contribution in [0.5, 0.6) is 11.5 Å². The van der Waals surface area contributed by atoms with Crippen molar-refractivity contribution in [2.24, 2.45) is 5.92 Å². The van der Waals surface area contributed by atoms with E-state index in [1.165, 1.54) is 16.4 Å². The number of amides is 1. The van der Waals surface area contributed by atoms with E-state index in [0.29, 0.717) is 42.5 Å². The number of benzene rings is 2. The highest BCUT2D eigenvalue weighted by Gasteiger charge is 2.34. The molecule has 7 nitrogen and oxygen atoms in total. The van der Waals surface area contributed by atoms with Crippen molar-refractivity contribution >= 4 is 27.5 Å². The van der Waals surface area contributed by atoms with Gasteiger partial charge < -0.3 is 14.4 Å². The fraction of sp³-hybridized carbons (Fsp3) is 0.409. The Morgan fingerprint density at radius 3 is 2.45 bits per heavy atom. The predicted octanol–water partition coefficient (Wildman–Crippen LogP) is 3.42.